The van der Waals surface area contributed by atoms with Gasteiger partial charge in [-0.2, -0.15) is 0 Å². The van der Waals surface area contributed by atoms with Gasteiger partial charge in [0.1, 0.15) is 24.7 Å². The van der Waals surface area contributed by atoms with Gasteiger partial charge in [-0.25, -0.2) is 0 Å². The van der Waals surface area contributed by atoms with Crippen LogP contribution in [0.3, 0.4) is 0 Å². The number of rotatable bonds is 0. The van der Waals surface area contributed by atoms with Gasteiger partial charge < -0.3 is 20.1 Å². The average molecular weight is 472 g/mol. The fourth-order valence-electron chi connectivity index (χ4n) is 3.52. The van der Waals surface area contributed by atoms with E-state index in [4.69, 9.17) is 9.47 Å². The molecule has 7 nitrogen and oxygen atoms in total. The molecular formula is C28H33N5O2. The zero-order valence-electron chi connectivity index (χ0n) is 20.0. The summed E-state index contributed by atoms with van der Waals surface area (Å²) in [5, 5.41) is 6.86. The summed E-state index contributed by atoms with van der Waals surface area (Å²) in [7, 11) is 0. The van der Waals surface area contributed by atoms with Gasteiger partial charge in [-0.1, -0.05) is 6.07 Å². The number of nitrogens with one attached hydrogen (secondary N) is 2. The van der Waals surface area contributed by atoms with E-state index in [9.17, 15) is 0 Å². The van der Waals surface area contributed by atoms with Gasteiger partial charge in [-0.15, -0.1) is 0 Å². The monoisotopic (exact) mass is 471 g/mol. The lowest BCUT2D eigenvalue weighted by atomic mass is 10.2. The van der Waals surface area contributed by atoms with Crippen molar-refractivity contribution in [2.45, 2.75) is 19.6 Å². The maximum absolute atomic E-state index is 5.92. The molecule has 0 saturated carbocycles. The van der Waals surface area contributed by atoms with Crippen molar-refractivity contribution in [3.63, 3.8) is 0 Å². The maximum atomic E-state index is 5.92. The first-order chi connectivity index (χ1) is 17.3. The van der Waals surface area contributed by atoms with Gasteiger partial charge in [-0.05, 0) is 91.3 Å². The van der Waals surface area contributed by atoms with Crippen LogP contribution in [-0.4, -0.2) is 56.7 Å². The molecule has 0 amide bonds. The Labute approximate surface area is 207 Å². The SMILES string of the molecule is C1=NCCNCCCNCCN=Cc2ccc(cc2)OCc2cccc(n2)COc2ccc1cc2. The van der Waals surface area contributed by atoms with Crippen molar-refractivity contribution in [1.82, 2.24) is 15.6 Å². The fourth-order valence-corrected chi connectivity index (χ4v) is 3.52. The quantitative estimate of drug-likeness (QED) is 0.523. The first kappa shape index (κ1) is 24.6. The average Bonchev–Trinajstić information content (AvgIpc) is 2.90. The summed E-state index contributed by atoms with van der Waals surface area (Å²) >= 11 is 0. The standard InChI is InChI=1S/C28H33N5O2/c1-3-25-21-34-27-9-5-23(6-10-27)19-31-17-15-29-13-2-14-30-16-18-32-20-24-7-11-28(12-8-24)35-22-26(4-1)33-25/h1,3-12,19-20,29-30H,2,13-18,21-22H2. The Morgan fingerprint density at radius 2 is 1.06 bits per heavy atom. The van der Waals surface area contributed by atoms with Crippen LogP contribution in [0.5, 0.6) is 11.5 Å². The normalized spacial score (nSPS) is 16.1. The Bertz CT molecular complexity index is 999. The van der Waals surface area contributed by atoms with Crippen LogP contribution in [0.4, 0.5) is 0 Å². The molecule has 4 heterocycles. The Kier molecular flexibility index (Phi) is 9.82. The maximum Gasteiger partial charge on any atom is 0.130 e. The third-order valence-electron chi connectivity index (χ3n) is 5.42. The minimum atomic E-state index is 0.399. The Morgan fingerprint density at radius 3 is 1.54 bits per heavy atom. The van der Waals surface area contributed by atoms with Crippen molar-refractivity contribution in [2.75, 3.05) is 39.3 Å². The molecule has 0 radical (unpaired) electrons. The van der Waals surface area contributed by atoms with E-state index in [0.29, 0.717) is 13.2 Å². The number of benzene rings is 2. The first-order valence-electron chi connectivity index (χ1n) is 12.2. The van der Waals surface area contributed by atoms with Crippen LogP contribution in [0.15, 0.2) is 76.7 Å². The molecule has 6 rings (SSSR count). The van der Waals surface area contributed by atoms with E-state index in [1.165, 1.54) is 0 Å². The summed E-state index contributed by atoms with van der Waals surface area (Å²) in [5.74, 6) is 1.61. The zero-order chi connectivity index (χ0) is 24.0. The third-order valence-corrected chi connectivity index (χ3v) is 5.42. The molecule has 0 unspecified atom stereocenters. The summed E-state index contributed by atoms with van der Waals surface area (Å²) in [4.78, 5) is 13.7. The molecular weight excluding hydrogens is 438 g/mol. The van der Waals surface area contributed by atoms with Crippen molar-refractivity contribution in [3.05, 3.63) is 89.2 Å². The summed E-state index contributed by atoms with van der Waals surface area (Å²) in [6, 6.07) is 21.8. The molecule has 2 aromatic carbocycles. The van der Waals surface area contributed by atoms with Crippen LogP contribution >= 0.6 is 0 Å². The number of aromatic nitrogens is 1. The van der Waals surface area contributed by atoms with Crippen LogP contribution in [0.25, 0.3) is 0 Å². The number of pyridine rings is 1. The van der Waals surface area contributed by atoms with Gasteiger partial charge in [0.2, 0.25) is 0 Å². The minimum Gasteiger partial charge on any atom is -0.487 e. The van der Waals surface area contributed by atoms with Gasteiger partial charge in [0.25, 0.3) is 0 Å². The smallest absolute Gasteiger partial charge is 0.130 e. The first-order valence-corrected chi connectivity index (χ1v) is 12.2. The van der Waals surface area contributed by atoms with E-state index in [1.807, 2.05) is 79.2 Å². The summed E-state index contributed by atoms with van der Waals surface area (Å²) in [6.45, 7) is 6.01. The molecule has 0 fully saturated rings. The number of ether oxygens (including phenoxy) is 2. The highest BCUT2D eigenvalue weighted by molar-refractivity contribution is 5.80. The Balaban J connectivity index is 1.38. The van der Waals surface area contributed by atoms with E-state index in [2.05, 4.69) is 25.6 Å². The molecule has 6 bridgehead atoms. The predicted molar refractivity (Wildman–Crippen MR) is 141 cm³/mol. The van der Waals surface area contributed by atoms with Gasteiger partial charge in [0.15, 0.2) is 0 Å². The predicted octanol–water partition coefficient (Wildman–Crippen LogP) is 3.66. The van der Waals surface area contributed by atoms with Crippen molar-refractivity contribution in [2.24, 2.45) is 9.98 Å². The second-order valence-electron chi connectivity index (χ2n) is 8.26. The lowest BCUT2D eigenvalue weighted by Crippen LogP contribution is -2.25. The number of hydrogen-bond donors (Lipinski definition) is 2. The molecule has 0 spiro atoms. The molecule has 182 valence electrons. The molecule has 2 N–H and O–H groups in total. The van der Waals surface area contributed by atoms with Crippen molar-refractivity contribution in [3.8, 4) is 11.5 Å². The van der Waals surface area contributed by atoms with E-state index < -0.39 is 0 Å². The van der Waals surface area contributed by atoms with E-state index in [0.717, 1.165) is 79.7 Å². The molecule has 7 heteroatoms. The lowest BCUT2D eigenvalue weighted by molar-refractivity contribution is 0.290. The summed E-state index contributed by atoms with van der Waals surface area (Å²) in [6.07, 6.45) is 4.89. The summed E-state index contributed by atoms with van der Waals surface area (Å²) < 4.78 is 11.8. The second-order valence-corrected chi connectivity index (χ2v) is 8.26. The lowest BCUT2D eigenvalue weighted by Gasteiger charge is -2.09. The fraction of sp³-hybridized carbons (Fsp3) is 0.321. The Hall–Kier alpha value is -3.55. The number of hydrogen-bond acceptors (Lipinski definition) is 7. The highest BCUT2D eigenvalue weighted by Gasteiger charge is 2.02. The number of nitrogens with zero attached hydrogens (tertiary/aromatic N) is 3. The van der Waals surface area contributed by atoms with Crippen LogP contribution in [0.2, 0.25) is 0 Å². The van der Waals surface area contributed by atoms with Crippen molar-refractivity contribution < 1.29 is 9.47 Å². The van der Waals surface area contributed by atoms with Crippen LogP contribution in [0.1, 0.15) is 28.9 Å². The Morgan fingerprint density at radius 1 is 0.571 bits per heavy atom. The molecule has 0 aliphatic carbocycles. The molecule has 3 aliphatic rings. The third kappa shape index (κ3) is 8.96. The van der Waals surface area contributed by atoms with Crippen molar-refractivity contribution in [1.29, 1.82) is 0 Å². The molecule has 35 heavy (non-hydrogen) atoms. The highest BCUT2D eigenvalue weighted by Crippen LogP contribution is 2.15. The van der Waals surface area contributed by atoms with Crippen molar-refractivity contribution >= 4 is 12.4 Å². The highest BCUT2D eigenvalue weighted by atomic mass is 16.5. The van der Waals surface area contributed by atoms with Crippen LogP contribution < -0.4 is 20.1 Å². The summed E-state index contributed by atoms with van der Waals surface area (Å²) in [5.41, 5.74) is 3.84. The second kappa shape index (κ2) is 14.0. The van der Waals surface area contributed by atoms with Crippen LogP contribution in [0, 0.1) is 0 Å². The molecule has 0 saturated heterocycles. The molecule has 3 aromatic rings. The topological polar surface area (TPSA) is 80.1 Å². The number of aliphatic imine (C=N–C) groups is 2. The van der Waals surface area contributed by atoms with Gasteiger partial charge in [0, 0.05) is 25.5 Å². The van der Waals surface area contributed by atoms with Gasteiger partial charge >= 0.3 is 0 Å². The zero-order valence-corrected chi connectivity index (χ0v) is 20.0. The van der Waals surface area contributed by atoms with E-state index >= 15 is 0 Å². The van der Waals surface area contributed by atoms with E-state index in [-0.39, 0.29) is 0 Å². The largest absolute Gasteiger partial charge is 0.487 e. The molecule has 1 aromatic heterocycles. The van der Waals surface area contributed by atoms with Gasteiger partial charge in [0.05, 0.1) is 24.5 Å². The molecule has 0 atom stereocenters. The van der Waals surface area contributed by atoms with Gasteiger partial charge in [-0.3, -0.25) is 15.0 Å². The van der Waals surface area contributed by atoms with E-state index in [1.54, 1.807) is 0 Å². The number of fused-ring (bicyclic) bond motifs is 2. The minimum absolute atomic E-state index is 0.399. The molecule has 3 aliphatic heterocycles. The van der Waals surface area contributed by atoms with Crippen LogP contribution in [-0.2, 0) is 13.2 Å².